The molecular weight excluding hydrogens is 397 g/mol. The van der Waals surface area contributed by atoms with E-state index in [0.717, 1.165) is 21.1 Å². The zero-order valence-corrected chi connectivity index (χ0v) is 16.5. The van der Waals surface area contributed by atoms with Gasteiger partial charge in [-0.3, -0.25) is 4.79 Å². The Morgan fingerprint density at radius 3 is 2.64 bits per heavy atom. The van der Waals surface area contributed by atoms with Crippen LogP contribution >= 0.6 is 23.1 Å². The largest absolute Gasteiger partial charge is 0.486 e. The van der Waals surface area contributed by atoms with Crippen LogP contribution in [0.5, 0.6) is 11.5 Å². The molecular formula is C21H18FNO3S2. The molecule has 144 valence electrons. The first-order valence-electron chi connectivity index (χ1n) is 8.80. The van der Waals surface area contributed by atoms with Gasteiger partial charge < -0.3 is 14.8 Å². The summed E-state index contributed by atoms with van der Waals surface area (Å²) in [5.74, 6) is 1.31. The molecule has 0 saturated carbocycles. The van der Waals surface area contributed by atoms with E-state index in [0.29, 0.717) is 19.0 Å². The Kier molecular flexibility index (Phi) is 5.83. The summed E-state index contributed by atoms with van der Waals surface area (Å²) in [6, 6.07) is 15.5. The lowest BCUT2D eigenvalue weighted by Gasteiger charge is -2.19. The van der Waals surface area contributed by atoms with Crippen molar-refractivity contribution in [2.45, 2.75) is 10.9 Å². The number of halogens is 1. The Bertz CT molecular complexity index is 945. The van der Waals surface area contributed by atoms with Crippen molar-refractivity contribution in [3.63, 3.8) is 0 Å². The number of carbonyl (C=O) groups excluding carboxylic acids is 1. The molecule has 7 heteroatoms. The first kappa shape index (κ1) is 18.8. The lowest BCUT2D eigenvalue weighted by atomic mass is 10.1. The Hall–Kier alpha value is -2.51. The molecule has 0 saturated heterocycles. The van der Waals surface area contributed by atoms with Crippen LogP contribution in [-0.2, 0) is 4.79 Å². The minimum absolute atomic E-state index is 0.0948. The van der Waals surface area contributed by atoms with Gasteiger partial charge in [-0.1, -0.05) is 18.2 Å². The molecule has 0 unspecified atom stereocenters. The second-order valence-electron chi connectivity index (χ2n) is 6.16. The number of thiophene rings is 1. The zero-order chi connectivity index (χ0) is 19.3. The third-order valence-electron chi connectivity index (χ3n) is 4.22. The summed E-state index contributed by atoms with van der Waals surface area (Å²) in [7, 11) is 0. The topological polar surface area (TPSA) is 47.6 Å². The van der Waals surface area contributed by atoms with Gasteiger partial charge in [-0.2, -0.15) is 0 Å². The monoisotopic (exact) mass is 415 g/mol. The van der Waals surface area contributed by atoms with E-state index in [2.05, 4.69) is 5.32 Å². The molecule has 4 nitrogen and oxygen atoms in total. The Balaban J connectivity index is 1.42. The fourth-order valence-corrected chi connectivity index (χ4v) is 4.43. The Morgan fingerprint density at radius 2 is 1.89 bits per heavy atom. The molecule has 1 atom stereocenters. The van der Waals surface area contributed by atoms with Crippen LogP contribution in [0.15, 0.2) is 64.9 Å². The van der Waals surface area contributed by atoms with Crippen LogP contribution in [0.4, 0.5) is 4.39 Å². The summed E-state index contributed by atoms with van der Waals surface area (Å²) in [6.07, 6.45) is 0. The van der Waals surface area contributed by atoms with Crippen molar-refractivity contribution in [1.29, 1.82) is 0 Å². The molecule has 1 aromatic heterocycles. The van der Waals surface area contributed by atoms with Gasteiger partial charge in [0, 0.05) is 9.77 Å². The summed E-state index contributed by atoms with van der Waals surface area (Å²) in [5.41, 5.74) is 0.849. The van der Waals surface area contributed by atoms with Gasteiger partial charge in [-0.25, -0.2) is 4.39 Å². The predicted octanol–water partition coefficient (Wildman–Crippen LogP) is 4.66. The summed E-state index contributed by atoms with van der Waals surface area (Å²) < 4.78 is 24.4. The number of hydrogen-bond acceptors (Lipinski definition) is 5. The molecule has 4 rings (SSSR count). The average Bonchev–Trinajstić information content (AvgIpc) is 3.26. The van der Waals surface area contributed by atoms with Crippen LogP contribution in [0.1, 0.15) is 16.5 Å². The number of fused-ring (bicyclic) bond motifs is 1. The quantitative estimate of drug-likeness (QED) is 0.595. The van der Waals surface area contributed by atoms with Gasteiger partial charge in [0.1, 0.15) is 19.0 Å². The van der Waals surface area contributed by atoms with Gasteiger partial charge in [0.25, 0.3) is 0 Å². The van der Waals surface area contributed by atoms with Gasteiger partial charge in [0.2, 0.25) is 5.91 Å². The van der Waals surface area contributed by atoms with Crippen molar-refractivity contribution in [1.82, 2.24) is 5.32 Å². The van der Waals surface area contributed by atoms with Crippen LogP contribution < -0.4 is 14.8 Å². The molecule has 2 heterocycles. The van der Waals surface area contributed by atoms with E-state index < -0.39 is 0 Å². The Morgan fingerprint density at radius 1 is 1.11 bits per heavy atom. The van der Waals surface area contributed by atoms with Crippen molar-refractivity contribution in [3.8, 4) is 11.5 Å². The van der Waals surface area contributed by atoms with Crippen molar-refractivity contribution in [3.05, 3.63) is 76.2 Å². The second-order valence-corrected chi connectivity index (χ2v) is 8.19. The number of benzene rings is 2. The van der Waals surface area contributed by atoms with Crippen LogP contribution in [0, 0.1) is 5.82 Å². The molecule has 0 fully saturated rings. The average molecular weight is 416 g/mol. The Labute approximate surface area is 170 Å². The highest BCUT2D eigenvalue weighted by Crippen LogP contribution is 2.34. The standard InChI is InChI=1S/C21H18FNO3S2/c22-15-5-3-14(4-6-15)21(19-2-1-11-27-19)23-20(24)13-28-16-7-8-17-18(12-16)26-10-9-25-17/h1-8,11-12,21H,9-10,13H2,(H,23,24)/t21-/m1/s1. The zero-order valence-electron chi connectivity index (χ0n) is 14.9. The number of nitrogens with one attached hydrogen (secondary N) is 1. The highest BCUT2D eigenvalue weighted by molar-refractivity contribution is 8.00. The van der Waals surface area contributed by atoms with Gasteiger partial charge in [-0.05, 0) is 47.3 Å². The normalized spacial score (nSPS) is 13.8. The lowest BCUT2D eigenvalue weighted by molar-refractivity contribution is -0.119. The van der Waals surface area contributed by atoms with Crippen molar-refractivity contribution in [2.24, 2.45) is 0 Å². The van der Waals surface area contributed by atoms with E-state index >= 15 is 0 Å². The molecule has 0 bridgehead atoms. The van der Waals surface area contributed by atoms with E-state index in [-0.39, 0.29) is 23.5 Å². The SMILES string of the molecule is O=C(CSc1ccc2c(c1)OCCO2)N[C@H](c1ccc(F)cc1)c1cccs1. The maximum absolute atomic E-state index is 13.3. The smallest absolute Gasteiger partial charge is 0.231 e. The predicted molar refractivity (Wildman–Crippen MR) is 109 cm³/mol. The molecule has 0 spiro atoms. The van der Waals surface area contributed by atoms with E-state index in [1.54, 1.807) is 23.5 Å². The molecule has 1 aliphatic rings. The summed E-state index contributed by atoms with van der Waals surface area (Å²) in [6.45, 7) is 1.08. The number of carbonyl (C=O) groups is 1. The van der Waals surface area contributed by atoms with Crippen LogP contribution in [0.25, 0.3) is 0 Å². The maximum Gasteiger partial charge on any atom is 0.231 e. The lowest BCUT2D eigenvalue weighted by Crippen LogP contribution is -2.30. The fourth-order valence-electron chi connectivity index (χ4n) is 2.89. The number of thioether (sulfide) groups is 1. The molecule has 1 aliphatic heterocycles. The summed E-state index contributed by atoms with van der Waals surface area (Å²) in [5, 5.41) is 5.02. The van der Waals surface area contributed by atoms with Crippen LogP contribution in [0.2, 0.25) is 0 Å². The summed E-state index contributed by atoms with van der Waals surface area (Å²) in [4.78, 5) is 14.5. The molecule has 3 aromatic rings. The minimum Gasteiger partial charge on any atom is -0.486 e. The van der Waals surface area contributed by atoms with Crippen molar-refractivity contribution in [2.75, 3.05) is 19.0 Å². The molecule has 0 aliphatic carbocycles. The number of hydrogen-bond donors (Lipinski definition) is 1. The van der Waals surface area contributed by atoms with Crippen molar-refractivity contribution < 1.29 is 18.7 Å². The highest BCUT2D eigenvalue weighted by atomic mass is 32.2. The number of amides is 1. The maximum atomic E-state index is 13.3. The van der Waals surface area contributed by atoms with Crippen molar-refractivity contribution >= 4 is 29.0 Å². The third-order valence-corrected chi connectivity index (χ3v) is 6.15. The first-order chi connectivity index (χ1) is 13.7. The van der Waals surface area contributed by atoms with Crippen LogP contribution in [-0.4, -0.2) is 24.9 Å². The fraction of sp³-hybridized carbons (Fsp3) is 0.190. The van der Waals surface area contributed by atoms with Gasteiger partial charge in [0.15, 0.2) is 11.5 Å². The molecule has 2 aromatic carbocycles. The van der Waals surface area contributed by atoms with Gasteiger partial charge in [-0.15, -0.1) is 23.1 Å². The first-order valence-corrected chi connectivity index (χ1v) is 10.7. The van der Waals surface area contributed by atoms with Gasteiger partial charge in [0.05, 0.1) is 11.8 Å². The number of ether oxygens (including phenoxy) is 2. The second kappa shape index (κ2) is 8.67. The molecule has 0 radical (unpaired) electrons. The summed E-state index contributed by atoms with van der Waals surface area (Å²) >= 11 is 2.99. The third kappa shape index (κ3) is 4.48. The van der Waals surface area contributed by atoms with Gasteiger partial charge >= 0.3 is 0 Å². The number of rotatable bonds is 6. The molecule has 1 N–H and O–H groups in total. The minimum atomic E-state index is -0.297. The molecule has 1 amide bonds. The van der Waals surface area contributed by atoms with E-state index in [1.165, 1.54) is 23.9 Å². The van der Waals surface area contributed by atoms with E-state index in [4.69, 9.17) is 9.47 Å². The molecule has 28 heavy (non-hydrogen) atoms. The van der Waals surface area contributed by atoms with E-state index in [1.807, 2.05) is 35.7 Å². The van der Waals surface area contributed by atoms with Crippen LogP contribution in [0.3, 0.4) is 0 Å². The van der Waals surface area contributed by atoms with E-state index in [9.17, 15) is 9.18 Å². The highest BCUT2D eigenvalue weighted by Gasteiger charge is 2.19.